The van der Waals surface area contributed by atoms with E-state index >= 15 is 0 Å². The van der Waals surface area contributed by atoms with Crippen LogP contribution in [0.2, 0.25) is 0 Å². The third-order valence-electron chi connectivity index (χ3n) is 3.34. The molecule has 2 aliphatic rings. The van der Waals surface area contributed by atoms with E-state index in [4.69, 9.17) is 0 Å². The molecular formula is C12H16N2. The standard InChI is InChI=1S/C12H16N2/c1-2-6-11-10(5-1)9-13-12(11)14-7-3-4-8-14/h1-2,5-6,12-13H,3-4,7-9H2. The number of rotatable bonds is 1. The van der Waals surface area contributed by atoms with Gasteiger partial charge in [0.05, 0.1) is 6.17 Å². The van der Waals surface area contributed by atoms with Crippen LogP contribution in [0.4, 0.5) is 0 Å². The zero-order valence-electron chi connectivity index (χ0n) is 8.37. The van der Waals surface area contributed by atoms with Crippen LogP contribution >= 0.6 is 0 Å². The molecule has 2 aliphatic heterocycles. The third-order valence-corrected chi connectivity index (χ3v) is 3.34. The van der Waals surface area contributed by atoms with Crippen LogP contribution in [-0.2, 0) is 6.54 Å². The highest BCUT2D eigenvalue weighted by Gasteiger charge is 2.28. The van der Waals surface area contributed by atoms with Crippen LogP contribution in [0.5, 0.6) is 0 Å². The van der Waals surface area contributed by atoms with Crippen molar-refractivity contribution in [3.05, 3.63) is 35.4 Å². The van der Waals surface area contributed by atoms with E-state index in [9.17, 15) is 0 Å². The summed E-state index contributed by atoms with van der Waals surface area (Å²) in [5.41, 5.74) is 2.97. The second-order valence-electron chi connectivity index (χ2n) is 4.23. The Bertz CT molecular complexity index is 329. The van der Waals surface area contributed by atoms with E-state index in [0.29, 0.717) is 6.17 Å². The van der Waals surface area contributed by atoms with E-state index in [1.54, 1.807) is 0 Å². The van der Waals surface area contributed by atoms with Crippen LogP contribution in [0.15, 0.2) is 24.3 Å². The average molecular weight is 188 g/mol. The zero-order chi connectivity index (χ0) is 9.38. The molecule has 1 atom stereocenters. The first-order chi connectivity index (χ1) is 6.95. The minimum atomic E-state index is 0.494. The van der Waals surface area contributed by atoms with Crippen molar-refractivity contribution in [3.63, 3.8) is 0 Å². The van der Waals surface area contributed by atoms with Crippen molar-refractivity contribution in [3.8, 4) is 0 Å². The first kappa shape index (κ1) is 8.45. The molecule has 74 valence electrons. The Morgan fingerprint density at radius 1 is 1.14 bits per heavy atom. The molecule has 1 N–H and O–H groups in total. The Hall–Kier alpha value is -0.860. The lowest BCUT2D eigenvalue weighted by Gasteiger charge is -2.24. The molecule has 0 radical (unpaired) electrons. The van der Waals surface area contributed by atoms with Gasteiger partial charge in [-0.3, -0.25) is 10.2 Å². The predicted molar refractivity (Wildman–Crippen MR) is 56.8 cm³/mol. The average Bonchev–Trinajstić information content (AvgIpc) is 2.85. The maximum Gasteiger partial charge on any atom is 0.0866 e. The Morgan fingerprint density at radius 3 is 2.79 bits per heavy atom. The van der Waals surface area contributed by atoms with E-state index in [1.165, 1.54) is 37.1 Å². The molecule has 1 unspecified atom stereocenters. The van der Waals surface area contributed by atoms with Crippen molar-refractivity contribution in [2.24, 2.45) is 0 Å². The number of nitrogens with one attached hydrogen (secondary N) is 1. The van der Waals surface area contributed by atoms with Crippen molar-refractivity contribution < 1.29 is 0 Å². The van der Waals surface area contributed by atoms with Gasteiger partial charge in [0.2, 0.25) is 0 Å². The largest absolute Gasteiger partial charge is 0.294 e. The number of benzene rings is 1. The van der Waals surface area contributed by atoms with E-state index < -0.39 is 0 Å². The quantitative estimate of drug-likeness (QED) is 0.724. The van der Waals surface area contributed by atoms with Crippen molar-refractivity contribution in [1.82, 2.24) is 10.2 Å². The molecule has 0 aromatic heterocycles. The maximum atomic E-state index is 3.59. The molecule has 0 spiro atoms. The minimum absolute atomic E-state index is 0.494. The van der Waals surface area contributed by atoms with Crippen molar-refractivity contribution in [2.45, 2.75) is 25.6 Å². The summed E-state index contributed by atoms with van der Waals surface area (Å²) in [6.07, 6.45) is 3.22. The predicted octanol–water partition coefficient (Wildman–Crippen LogP) is 1.88. The van der Waals surface area contributed by atoms with Gasteiger partial charge in [-0.25, -0.2) is 0 Å². The van der Waals surface area contributed by atoms with E-state index in [-0.39, 0.29) is 0 Å². The van der Waals surface area contributed by atoms with Gasteiger partial charge in [-0.05, 0) is 37.1 Å². The van der Waals surface area contributed by atoms with Crippen molar-refractivity contribution >= 4 is 0 Å². The summed E-state index contributed by atoms with van der Waals surface area (Å²) in [5, 5.41) is 3.59. The maximum absolute atomic E-state index is 3.59. The fourth-order valence-corrected chi connectivity index (χ4v) is 2.60. The SMILES string of the molecule is c1ccc2c(c1)CNC2N1CCCC1. The monoisotopic (exact) mass is 188 g/mol. The van der Waals surface area contributed by atoms with Gasteiger partial charge in [0.15, 0.2) is 0 Å². The summed E-state index contributed by atoms with van der Waals surface area (Å²) < 4.78 is 0. The molecule has 0 bridgehead atoms. The van der Waals surface area contributed by atoms with Gasteiger partial charge in [-0.2, -0.15) is 0 Å². The molecule has 1 aromatic carbocycles. The Morgan fingerprint density at radius 2 is 1.93 bits per heavy atom. The molecular weight excluding hydrogens is 172 g/mol. The Balaban J connectivity index is 1.89. The van der Waals surface area contributed by atoms with Gasteiger partial charge in [0.25, 0.3) is 0 Å². The van der Waals surface area contributed by atoms with Gasteiger partial charge >= 0.3 is 0 Å². The lowest BCUT2D eigenvalue weighted by Crippen LogP contribution is -2.31. The molecule has 2 heteroatoms. The molecule has 1 saturated heterocycles. The lowest BCUT2D eigenvalue weighted by molar-refractivity contribution is 0.218. The number of hydrogen-bond donors (Lipinski definition) is 1. The Labute approximate surface area is 84.9 Å². The van der Waals surface area contributed by atoms with Crippen molar-refractivity contribution in [1.29, 1.82) is 0 Å². The number of fused-ring (bicyclic) bond motifs is 1. The highest BCUT2D eigenvalue weighted by atomic mass is 15.3. The number of nitrogens with zero attached hydrogens (tertiary/aromatic N) is 1. The fourth-order valence-electron chi connectivity index (χ4n) is 2.60. The summed E-state index contributed by atoms with van der Waals surface area (Å²) >= 11 is 0. The van der Waals surface area contributed by atoms with E-state index in [2.05, 4.69) is 34.5 Å². The summed E-state index contributed by atoms with van der Waals surface area (Å²) in [7, 11) is 0. The normalized spacial score (nSPS) is 26.7. The fraction of sp³-hybridized carbons (Fsp3) is 0.500. The van der Waals surface area contributed by atoms with E-state index in [1.807, 2.05) is 0 Å². The van der Waals surface area contributed by atoms with Gasteiger partial charge in [0.1, 0.15) is 0 Å². The van der Waals surface area contributed by atoms with Crippen molar-refractivity contribution in [2.75, 3.05) is 13.1 Å². The lowest BCUT2D eigenvalue weighted by atomic mass is 10.1. The smallest absolute Gasteiger partial charge is 0.0866 e. The highest BCUT2D eigenvalue weighted by Crippen LogP contribution is 2.30. The van der Waals surface area contributed by atoms with Gasteiger partial charge < -0.3 is 0 Å². The van der Waals surface area contributed by atoms with Crippen LogP contribution in [0.3, 0.4) is 0 Å². The second-order valence-corrected chi connectivity index (χ2v) is 4.23. The summed E-state index contributed by atoms with van der Waals surface area (Å²) in [6, 6.07) is 8.78. The highest BCUT2D eigenvalue weighted by molar-refractivity contribution is 5.33. The van der Waals surface area contributed by atoms with Crippen LogP contribution < -0.4 is 5.32 Å². The van der Waals surface area contributed by atoms with E-state index in [0.717, 1.165) is 6.54 Å². The molecule has 14 heavy (non-hydrogen) atoms. The molecule has 2 heterocycles. The van der Waals surface area contributed by atoms with Crippen LogP contribution in [0.1, 0.15) is 30.1 Å². The minimum Gasteiger partial charge on any atom is -0.294 e. The number of likely N-dealkylation sites (tertiary alicyclic amines) is 1. The third kappa shape index (κ3) is 1.26. The summed E-state index contributed by atoms with van der Waals surface area (Å²) in [4.78, 5) is 2.56. The zero-order valence-corrected chi connectivity index (χ0v) is 8.37. The van der Waals surface area contributed by atoms with Crippen LogP contribution in [-0.4, -0.2) is 18.0 Å². The summed E-state index contributed by atoms with van der Waals surface area (Å²) in [6.45, 7) is 3.55. The summed E-state index contributed by atoms with van der Waals surface area (Å²) in [5.74, 6) is 0. The number of hydrogen-bond acceptors (Lipinski definition) is 2. The van der Waals surface area contributed by atoms with Crippen LogP contribution in [0.25, 0.3) is 0 Å². The molecule has 0 aliphatic carbocycles. The molecule has 2 nitrogen and oxygen atoms in total. The molecule has 0 saturated carbocycles. The van der Waals surface area contributed by atoms with Gasteiger partial charge in [-0.1, -0.05) is 24.3 Å². The molecule has 0 amide bonds. The van der Waals surface area contributed by atoms with Crippen LogP contribution in [0, 0.1) is 0 Å². The first-order valence-electron chi connectivity index (χ1n) is 5.50. The molecule has 1 fully saturated rings. The Kier molecular flexibility index (Phi) is 2.03. The second kappa shape index (κ2) is 3.37. The topological polar surface area (TPSA) is 15.3 Å². The molecule has 3 rings (SSSR count). The van der Waals surface area contributed by atoms with Gasteiger partial charge in [-0.15, -0.1) is 0 Å². The molecule has 1 aromatic rings. The first-order valence-corrected chi connectivity index (χ1v) is 5.50. The van der Waals surface area contributed by atoms with Gasteiger partial charge in [0, 0.05) is 6.54 Å².